The van der Waals surface area contributed by atoms with Crippen LogP contribution in [0.4, 0.5) is 8.78 Å². The summed E-state index contributed by atoms with van der Waals surface area (Å²) in [6.45, 7) is 5.56. The fraction of sp³-hybridized carbons (Fsp3) is 0.667. The predicted molar refractivity (Wildman–Crippen MR) is 102 cm³/mol. The molecule has 1 aromatic rings. The van der Waals surface area contributed by atoms with E-state index in [1.165, 1.54) is 36.4 Å². The van der Waals surface area contributed by atoms with Crippen LogP contribution < -0.4 is 0 Å². The number of amides is 1. The van der Waals surface area contributed by atoms with E-state index in [4.69, 9.17) is 0 Å². The third-order valence-electron chi connectivity index (χ3n) is 6.26. The molecule has 3 aliphatic rings. The fourth-order valence-corrected chi connectivity index (χ4v) is 4.40. The SMILES string of the molecule is O=C1N(Cc2cccc(F)c2F)CCC[C@]1(O)CN1CCN(CC2CC2)CC1. The topological polar surface area (TPSA) is 47.0 Å². The van der Waals surface area contributed by atoms with Crippen molar-refractivity contribution in [3.8, 4) is 0 Å². The van der Waals surface area contributed by atoms with E-state index in [0.29, 0.717) is 25.9 Å². The highest BCUT2D eigenvalue weighted by molar-refractivity contribution is 5.86. The van der Waals surface area contributed by atoms with Gasteiger partial charge in [-0.3, -0.25) is 9.69 Å². The number of carbonyl (C=O) groups excluding carboxylic acids is 1. The molecule has 28 heavy (non-hydrogen) atoms. The lowest BCUT2D eigenvalue weighted by Gasteiger charge is -2.43. The first kappa shape index (κ1) is 19.7. The van der Waals surface area contributed by atoms with Gasteiger partial charge in [0.15, 0.2) is 17.2 Å². The summed E-state index contributed by atoms with van der Waals surface area (Å²) < 4.78 is 27.5. The van der Waals surface area contributed by atoms with Gasteiger partial charge in [-0.1, -0.05) is 12.1 Å². The number of piperidine rings is 1. The molecule has 5 nitrogen and oxygen atoms in total. The van der Waals surface area contributed by atoms with Crippen molar-refractivity contribution in [2.24, 2.45) is 5.92 Å². The van der Waals surface area contributed by atoms with Gasteiger partial charge in [-0.15, -0.1) is 0 Å². The zero-order valence-corrected chi connectivity index (χ0v) is 16.2. The molecule has 1 aliphatic carbocycles. The largest absolute Gasteiger partial charge is 0.379 e. The van der Waals surface area contributed by atoms with Crippen LogP contribution in [-0.2, 0) is 11.3 Å². The summed E-state index contributed by atoms with van der Waals surface area (Å²) in [5.74, 6) is -1.34. The normalized spacial score (nSPS) is 27.4. The average Bonchev–Trinajstić information content (AvgIpc) is 3.49. The smallest absolute Gasteiger partial charge is 0.256 e. The number of β-amino-alcohol motifs (C(OH)–C–C–N with tert-alkyl or cyclic N) is 1. The van der Waals surface area contributed by atoms with E-state index >= 15 is 0 Å². The number of halogens is 2. The van der Waals surface area contributed by atoms with Crippen LogP contribution in [0.2, 0.25) is 0 Å². The molecule has 154 valence electrons. The van der Waals surface area contributed by atoms with Crippen LogP contribution >= 0.6 is 0 Å². The van der Waals surface area contributed by atoms with Gasteiger partial charge in [0.1, 0.15) is 0 Å². The van der Waals surface area contributed by atoms with Crippen LogP contribution in [0, 0.1) is 17.6 Å². The number of hydrogen-bond donors (Lipinski definition) is 1. The lowest BCUT2D eigenvalue weighted by molar-refractivity contribution is -0.160. The maximum Gasteiger partial charge on any atom is 0.256 e. The molecule has 7 heteroatoms. The van der Waals surface area contributed by atoms with Crippen LogP contribution in [0.3, 0.4) is 0 Å². The Morgan fingerprint density at radius 3 is 2.50 bits per heavy atom. The van der Waals surface area contributed by atoms with E-state index in [9.17, 15) is 18.7 Å². The van der Waals surface area contributed by atoms with Crippen LogP contribution in [0.1, 0.15) is 31.2 Å². The number of nitrogens with zero attached hydrogens (tertiary/aromatic N) is 3. The Labute approximate surface area is 164 Å². The first-order valence-electron chi connectivity index (χ1n) is 10.3. The summed E-state index contributed by atoms with van der Waals surface area (Å²) in [4.78, 5) is 19.1. The molecule has 0 spiro atoms. The van der Waals surface area contributed by atoms with Gasteiger partial charge >= 0.3 is 0 Å². The van der Waals surface area contributed by atoms with Crippen molar-refractivity contribution in [2.45, 2.75) is 37.8 Å². The van der Waals surface area contributed by atoms with Gasteiger partial charge in [-0.2, -0.15) is 0 Å². The minimum atomic E-state index is -1.44. The van der Waals surface area contributed by atoms with Gasteiger partial charge in [0.25, 0.3) is 5.91 Å². The lowest BCUT2D eigenvalue weighted by Crippen LogP contribution is -2.60. The molecule has 1 atom stereocenters. The third-order valence-corrected chi connectivity index (χ3v) is 6.26. The fourth-order valence-electron chi connectivity index (χ4n) is 4.40. The summed E-state index contributed by atoms with van der Waals surface area (Å²) in [5.41, 5.74) is -1.30. The molecule has 3 fully saturated rings. The third kappa shape index (κ3) is 4.36. The van der Waals surface area contributed by atoms with Crippen LogP contribution in [-0.4, -0.2) is 77.1 Å². The Morgan fingerprint density at radius 2 is 1.79 bits per heavy atom. The molecule has 1 N–H and O–H groups in total. The molecule has 1 amide bonds. The number of aliphatic hydroxyl groups is 1. The molecular weight excluding hydrogens is 364 g/mol. The van der Waals surface area contributed by atoms with E-state index < -0.39 is 17.2 Å². The molecule has 0 radical (unpaired) electrons. The monoisotopic (exact) mass is 393 g/mol. The number of rotatable bonds is 6. The quantitative estimate of drug-likeness (QED) is 0.801. The standard InChI is InChI=1S/C21H29F2N3O2/c22-18-4-1-3-17(19(18)23)14-26-8-2-7-21(28,20(26)27)15-25-11-9-24(10-12-25)13-16-5-6-16/h1,3-4,16,28H,2,5-15H2/t21-/m0/s1. The number of likely N-dealkylation sites (tertiary alicyclic amines) is 1. The van der Waals surface area contributed by atoms with Gasteiger partial charge < -0.3 is 14.9 Å². The summed E-state index contributed by atoms with van der Waals surface area (Å²) in [7, 11) is 0. The highest BCUT2D eigenvalue weighted by atomic mass is 19.2. The Kier molecular flexibility index (Phi) is 5.67. The minimum Gasteiger partial charge on any atom is -0.379 e. The van der Waals surface area contributed by atoms with Gasteiger partial charge in [0.2, 0.25) is 0 Å². The van der Waals surface area contributed by atoms with Gasteiger partial charge in [-0.05, 0) is 37.7 Å². The second kappa shape index (κ2) is 8.05. The molecule has 2 aliphatic heterocycles. The minimum absolute atomic E-state index is 0.0140. The Bertz CT molecular complexity index is 720. The number of benzene rings is 1. The van der Waals surface area contributed by atoms with E-state index in [1.54, 1.807) is 0 Å². The maximum atomic E-state index is 14.0. The van der Waals surface area contributed by atoms with Gasteiger partial charge in [0.05, 0.1) is 0 Å². The van der Waals surface area contributed by atoms with Crippen molar-refractivity contribution in [3.05, 3.63) is 35.4 Å². The van der Waals surface area contributed by atoms with Crippen molar-refractivity contribution in [3.63, 3.8) is 0 Å². The zero-order valence-electron chi connectivity index (χ0n) is 16.2. The summed E-state index contributed by atoms with van der Waals surface area (Å²) >= 11 is 0. The molecule has 0 aromatic heterocycles. The van der Waals surface area contributed by atoms with E-state index in [1.807, 2.05) is 0 Å². The molecule has 0 bridgehead atoms. The lowest BCUT2D eigenvalue weighted by atomic mass is 9.90. The van der Waals surface area contributed by atoms with E-state index in [2.05, 4.69) is 9.80 Å². The first-order chi connectivity index (χ1) is 13.4. The number of piperazine rings is 1. The molecular formula is C21H29F2N3O2. The van der Waals surface area contributed by atoms with Crippen molar-refractivity contribution in [1.29, 1.82) is 0 Å². The number of carbonyl (C=O) groups is 1. The predicted octanol–water partition coefficient (Wildman–Crippen LogP) is 1.85. The van der Waals surface area contributed by atoms with Crippen LogP contribution in [0.5, 0.6) is 0 Å². The van der Waals surface area contributed by atoms with Crippen molar-refractivity contribution < 1.29 is 18.7 Å². The van der Waals surface area contributed by atoms with E-state index in [0.717, 1.165) is 38.2 Å². The maximum absolute atomic E-state index is 14.0. The highest BCUT2D eigenvalue weighted by Gasteiger charge is 2.44. The van der Waals surface area contributed by atoms with Crippen molar-refractivity contribution in [1.82, 2.24) is 14.7 Å². The van der Waals surface area contributed by atoms with Crippen molar-refractivity contribution >= 4 is 5.91 Å². The molecule has 1 aromatic carbocycles. The first-order valence-corrected chi connectivity index (χ1v) is 10.3. The second-order valence-electron chi connectivity index (χ2n) is 8.59. The molecule has 0 unspecified atom stereocenters. The van der Waals surface area contributed by atoms with Crippen molar-refractivity contribution in [2.75, 3.05) is 45.8 Å². The summed E-state index contributed by atoms with van der Waals surface area (Å²) in [6.07, 6.45) is 3.75. The Hall–Kier alpha value is -1.57. The Morgan fingerprint density at radius 1 is 1.07 bits per heavy atom. The molecule has 1 saturated carbocycles. The van der Waals surface area contributed by atoms with Crippen LogP contribution in [0.15, 0.2) is 18.2 Å². The molecule has 2 heterocycles. The van der Waals surface area contributed by atoms with Crippen LogP contribution in [0.25, 0.3) is 0 Å². The number of hydrogen-bond acceptors (Lipinski definition) is 4. The summed E-state index contributed by atoms with van der Waals surface area (Å²) in [5, 5.41) is 11.1. The van der Waals surface area contributed by atoms with E-state index in [-0.39, 0.29) is 18.0 Å². The molecule has 2 saturated heterocycles. The van der Waals surface area contributed by atoms with Gasteiger partial charge in [-0.25, -0.2) is 8.78 Å². The Balaban J connectivity index is 1.35. The second-order valence-corrected chi connectivity index (χ2v) is 8.59. The highest BCUT2D eigenvalue weighted by Crippen LogP contribution is 2.30. The summed E-state index contributed by atoms with van der Waals surface area (Å²) in [6, 6.07) is 3.99. The zero-order chi connectivity index (χ0) is 19.7. The molecule has 4 rings (SSSR count). The average molecular weight is 393 g/mol. The van der Waals surface area contributed by atoms with Gasteiger partial charge in [0, 0.05) is 57.9 Å².